The Morgan fingerprint density at radius 2 is 1.94 bits per heavy atom. The molecule has 0 bridgehead atoms. The molecule has 5 nitrogen and oxygen atoms in total. The SMILES string of the molecule is Cn1c2c(c3ccc(N4CCN(CCc5ccc(Cl)cc5)CC4=O)cc31)CNCCC2. The molecule has 2 aliphatic heterocycles. The standard InChI is InChI=1S/C25H29ClN4O/c1-28-23-3-2-11-27-16-22(23)21-9-8-20(15-24(21)28)30-14-13-29(17-25(30)31)12-10-18-4-6-19(26)7-5-18/h4-9,15,27H,2-3,10-14,16-17H2,1H3. The Kier molecular flexibility index (Phi) is 5.74. The lowest BCUT2D eigenvalue weighted by atomic mass is 10.1. The average molecular weight is 437 g/mol. The highest BCUT2D eigenvalue weighted by atomic mass is 35.5. The zero-order valence-corrected chi connectivity index (χ0v) is 18.8. The fourth-order valence-electron chi connectivity index (χ4n) is 4.96. The number of aromatic nitrogens is 1. The molecule has 5 rings (SSSR count). The van der Waals surface area contributed by atoms with Crippen molar-refractivity contribution in [2.45, 2.75) is 25.8 Å². The van der Waals surface area contributed by atoms with E-state index < -0.39 is 0 Å². The fraction of sp³-hybridized carbons (Fsp3) is 0.400. The predicted octanol–water partition coefficient (Wildman–Crippen LogP) is 3.76. The second-order valence-corrected chi connectivity index (χ2v) is 9.10. The number of aryl methyl sites for hydroxylation is 1. The molecule has 31 heavy (non-hydrogen) atoms. The molecule has 3 aromatic rings. The highest BCUT2D eigenvalue weighted by molar-refractivity contribution is 6.30. The lowest BCUT2D eigenvalue weighted by Crippen LogP contribution is -2.50. The van der Waals surface area contributed by atoms with Gasteiger partial charge < -0.3 is 14.8 Å². The topological polar surface area (TPSA) is 40.5 Å². The largest absolute Gasteiger partial charge is 0.347 e. The lowest BCUT2D eigenvalue weighted by molar-refractivity contribution is -0.121. The van der Waals surface area contributed by atoms with E-state index in [4.69, 9.17) is 11.6 Å². The van der Waals surface area contributed by atoms with E-state index in [0.717, 1.165) is 56.3 Å². The molecular weight excluding hydrogens is 408 g/mol. The molecule has 1 saturated heterocycles. The normalized spacial score (nSPS) is 17.7. The summed E-state index contributed by atoms with van der Waals surface area (Å²) in [6.45, 7) is 4.99. The smallest absolute Gasteiger partial charge is 0.241 e. The molecular formula is C25H29ClN4O. The lowest BCUT2D eigenvalue weighted by Gasteiger charge is -2.34. The van der Waals surface area contributed by atoms with Crippen LogP contribution in [0.3, 0.4) is 0 Å². The van der Waals surface area contributed by atoms with Gasteiger partial charge in [-0.3, -0.25) is 9.69 Å². The quantitative estimate of drug-likeness (QED) is 0.677. The number of halogens is 1. The number of carbonyl (C=O) groups is 1. The van der Waals surface area contributed by atoms with E-state index in [1.165, 1.54) is 34.1 Å². The van der Waals surface area contributed by atoms with Crippen molar-refractivity contribution in [1.29, 1.82) is 0 Å². The summed E-state index contributed by atoms with van der Waals surface area (Å²) < 4.78 is 2.33. The summed E-state index contributed by atoms with van der Waals surface area (Å²) in [6, 6.07) is 14.5. The third kappa shape index (κ3) is 4.10. The van der Waals surface area contributed by atoms with E-state index >= 15 is 0 Å². The van der Waals surface area contributed by atoms with Crippen LogP contribution in [0.2, 0.25) is 5.02 Å². The Bertz CT molecular complexity index is 1100. The van der Waals surface area contributed by atoms with Gasteiger partial charge in [0.15, 0.2) is 0 Å². The first kappa shape index (κ1) is 20.6. The number of rotatable bonds is 4. The van der Waals surface area contributed by atoms with Crippen molar-refractivity contribution in [3.8, 4) is 0 Å². The number of amides is 1. The molecule has 0 spiro atoms. The van der Waals surface area contributed by atoms with Crippen molar-refractivity contribution in [2.24, 2.45) is 7.05 Å². The number of piperazine rings is 1. The molecule has 1 N–H and O–H groups in total. The van der Waals surface area contributed by atoms with Crippen molar-refractivity contribution in [1.82, 2.24) is 14.8 Å². The summed E-state index contributed by atoms with van der Waals surface area (Å²) in [5.74, 6) is 0.180. The zero-order valence-electron chi connectivity index (χ0n) is 18.0. The van der Waals surface area contributed by atoms with Gasteiger partial charge in [0, 0.05) is 55.0 Å². The van der Waals surface area contributed by atoms with Gasteiger partial charge in [0.2, 0.25) is 5.91 Å². The summed E-state index contributed by atoms with van der Waals surface area (Å²) in [7, 11) is 2.16. The van der Waals surface area contributed by atoms with Crippen LogP contribution in [-0.4, -0.2) is 48.1 Å². The maximum absolute atomic E-state index is 13.0. The van der Waals surface area contributed by atoms with Gasteiger partial charge in [-0.1, -0.05) is 29.8 Å². The first-order valence-corrected chi connectivity index (χ1v) is 11.6. The molecule has 2 aromatic carbocycles. The Morgan fingerprint density at radius 3 is 2.74 bits per heavy atom. The summed E-state index contributed by atoms with van der Waals surface area (Å²) in [6.07, 6.45) is 3.20. The van der Waals surface area contributed by atoms with E-state index in [2.05, 4.69) is 52.2 Å². The number of anilines is 1. The van der Waals surface area contributed by atoms with Gasteiger partial charge in [0.1, 0.15) is 0 Å². The van der Waals surface area contributed by atoms with Crippen LogP contribution in [0.5, 0.6) is 0 Å². The van der Waals surface area contributed by atoms with Gasteiger partial charge >= 0.3 is 0 Å². The molecule has 0 atom stereocenters. The summed E-state index contributed by atoms with van der Waals surface area (Å²) in [5.41, 5.74) is 6.33. The molecule has 0 radical (unpaired) electrons. The number of nitrogens with zero attached hydrogens (tertiary/aromatic N) is 3. The minimum Gasteiger partial charge on any atom is -0.347 e. The first-order chi connectivity index (χ1) is 15.1. The first-order valence-electron chi connectivity index (χ1n) is 11.2. The molecule has 0 aliphatic carbocycles. The van der Waals surface area contributed by atoms with Crippen LogP contribution in [0, 0.1) is 0 Å². The van der Waals surface area contributed by atoms with Crippen LogP contribution in [0.4, 0.5) is 5.69 Å². The maximum Gasteiger partial charge on any atom is 0.241 e. The van der Waals surface area contributed by atoms with Gasteiger partial charge in [-0.05, 0) is 61.2 Å². The third-order valence-corrected chi connectivity index (χ3v) is 6.98. The van der Waals surface area contributed by atoms with Crippen molar-refractivity contribution < 1.29 is 4.79 Å². The van der Waals surface area contributed by atoms with Crippen LogP contribution < -0.4 is 10.2 Å². The van der Waals surface area contributed by atoms with Crippen LogP contribution in [-0.2, 0) is 31.2 Å². The molecule has 1 amide bonds. The van der Waals surface area contributed by atoms with Crippen LogP contribution in [0.25, 0.3) is 10.9 Å². The van der Waals surface area contributed by atoms with Gasteiger partial charge in [0.25, 0.3) is 0 Å². The Labute approximate surface area is 188 Å². The summed E-state index contributed by atoms with van der Waals surface area (Å²) in [4.78, 5) is 17.2. The van der Waals surface area contributed by atoms with E-state index in [1.54, 1.807) is 0 Å². The van der Waals surface area contributed by atoms with Gasteiger partial charge in [-0.25, -0.2) is 0 Å². The van der Waals surface area contributed by atoms with Crippen LogP contribution in [0.15, 0.2) is 42.5 Å². The number of carbonyl (C=O) groups excluding carboxylic acids is 1. The second kappa shape index (κ2) is 8.65. The van der Waals surface area contributed by atoms with E-state index in [-0.39, 0.29) is 5.91 Å². The van der Waals surface area contributed by atoms with Crippen LogP contribution >= 0.6 is 11.6 Å². The van der Waals surface area contributed by atoms with E-state index in [1.807, 2.05) is 17.0 Å². The molecule has 162 valence electrons. The van der Waals surface area contributed by atoms with Crippen LogP contribution in [0.1, 0.15) is 23.2 Å². The number of hydrogen-bond acceptors (Lipinski definition) is 3. The highest BCUT2D eigenvalue weighted by Crippen LogP contribution is 2.31. The number of hydrogen-bond donors (Lipinski definition) is 1. The summed E-state index contributed by atoms with van der Waals surface area (Å²) in [5, 5.41) is 5.60. The molecule has 3 heterocycles. The van der Waals surface area contributed by atoms with Crippen molar-refractivity contribution in [3.05, 3.63) is 64.3 Å². The number of benzene rings is 2. The molecule has 6 heteroatoms. The molecule has 0 unspecified atom stereocenters. The fourth-order valence-corrected chi connectivity index (χ4v) is 5.08. The van der Waals surface area contributed by atoms with Crippen molar-refractivity contribution in [2.75, 3.05) is 37.6 Å². The van der Waals surface area contributed by atoms with Gasteiger partial charge in [-0.2, -0.15) is 0 Å². The zero-order chi connectivity index (χ0) is 21.4. The van der Waals surface area contributed by atoms with E-state index in [9.17, 15) is 4.79 Å². The molecule has 1 fully saturated rings. The Morgan fingerprint density at radius 1 is 1.10 bits per heavy atom. The van der Waals surface area contributed by atoms with Gasteiger partial charge in [-0.15, -0.1) is 0 Å². The predicted molar refractivity (Wildman–Crippen MR) is 127 cm³/mol. The number of nitrogens with one attached hydrogen (secondary N) is 1. The third-order valence-electron chi connectivity index (χ3n) is 6.73. The molecule has 2 aliphatic rings. The molecule has 1 aromatic heterocycles. The minimum atomic E-state index is 0.180. The Balaban J connectivity index is 1.29. The molecule has 0 saturated carbocycles. The number of fused-ring (bicyclic) bond motifs is 3. The second-order valence-electron chi connectivity index (χ2n) is 8.66. The van der Waals surface area contributed by atoms with Crippen molar-refractivity contribution >= 4 is 34.1 Å². The summed E-state index contributed by atoms with van der Waals surface area (Å²) >= 11 is 5.97. The Hall–Kier alpha value is -2.34. The van der Waals surface area contributed by atoms with Crippen molar-refractivity contribution in [3.63, 3.8) is 0 Å². The van der Waals surface area contributed by atoms with Gasteiger partial charge in [0.05, 0.1) is 12.1 Å². The minimum absolute atomic E-state index is 0.180. The highest BCUT2D eigenvalue weighted by Gasteiger charge is 2.26. The average Bonchev–Trinajstić information content (AvgIpc) is 2.93. The maximum atomic E-state index is 13.0. The monoisotopic (exact) mass is 436 g/mol. The van der Waals surface area contributed by atoms with E-state index in [0.29, 0.717) is 6.54 Å².